The van der Waals surface area contributed by atoms with Gasteiger partial charge in [-0.1, -0.05) is 12.1 Å². The van der Waals surface area contributed by atoms with Crippen LogP contribution in [-0.4, -0.2) is 47.4 Å². The molecule has 1 saturated heterocycles. The summed E-state index contributed by atoms with van der Waals surface area (Å²) in [6, 6.07) is 9.65. The highest BCUT2D eigenvalue weighted by atomic mass is 127. The largest absolute Gasteiger partial charge is 0.490 e. The monoisotopic (exact) mass is 554 g/mol. The van der Waals surface area contributed by atoms with Gasteiger partial charge in [0.15, 0.2) is 16.6 Å². The van der Waals surface area contributed by atoms with Gasteiger partial charge in [0.2, 0.25) is 0 Å². The third kappa shape index (κ3) is 5.04. The fourth-order valence-electron chi connectivity index (χ4n) is 3.00. The van der Waals surface area contributed by atoms with E-state index < -0.39 is 11.8 Å². The number of thiocarbonyl (C=S) groups is 1. The maximum absolute atomic E-state index is 13.4. The van der Waals surface area contributed by atoms with E-state index in [1.807, 2.05) is 6.92 Å². The zero-order chi connectivity index (χ0) is 22.7. The Balaban J connectivity index is 1.94. The molecule has 1 fully saturated rings. The molecule has 1 aliphatic rings. The van der Waals surface area contributed by atoms with Gasteiger partial charge < -0.3 is 9.47 Å². The van der Waals surface area contributed by atoms with E-state index >= 15 is 0 Å². The van der Waals surface area contributed by atoms with Crippen LogP contribution >= 0.6 is 34.8 Å². The Morgan fingerprint density at radius 3 is 2.39 bits per heavy atom. The number of halogens is 2. The maximum Gasteiger partial charge on any atom is 0.265 e. The summed E-state index contributed by atoms with van der Waals surface area (Å²) < 4.78 is 25.8. The van der Waals surface area contributed by atoms with Crippen molar-refractivity contribution in [3.05, 3.63) is 62.5 Å². The zero-order valence-corrected chi connectivity index (χ0v) is 20.1. The zero-order valence-electron chi connectivity index (χ0n) is 17.1. The van der Waals surface area contributed by atoms with Crippen molar-refractivity contribution in [2.24, 2.45) is 0 Å². The highest BCUT2D eigenvalue weighted by molar-refractivity contribution is 14.1. The number of carbonyl (C=O) groups is 2. The molecule has 3 rings (SSSR count). The summed E-state index contributed by atoms with van der Waals surface area (Å²) in [6.07, 6.45) is 1.51. The lowest BCUT2D eigenvalue weighted by molar-refractivity contribution is -0.132. The Morgan fingerprint density at radius 2 is 1.77 bits per heavy atom. The van der Waals surface area contributed by atoms with Gasteiger partial charge in [-0.15, -0.1) is 0 Å². The van der Waals surface area contributed by atoms with Gasteiger partial charge in [0.25, 0.3) is 11.8 Å². The smallest absolute Gasteiger partial charge is 0.265 e. The van der Waals surface area contributed by atoms with Crippen molar-refractivity contribution < 1.29 is 23.5 Å². The van der Waals surface area contributed by atoms with Gasteiger partial charge in [0.05, 0.1) is 10.2 Å². The second-order valence-corrected chi connectivity index (χ2v) is 8.28. The van der Waals surface area contributed by atoms with E-state index in [0.29, 0.717) is 29.2 Å². The van der Waals surface area contributed by atoms with Crippen LogP contribution in [0.2, 0.25) is 0 Å². The van der Waals surface area contributed by atoms with Gasteiger partial charge in [-0.25, -0.2) is 4.39 Å². The van der Waals surface area contributed by atoms with E-state index in [9.17, 15) is 14.0 Å². The van der Waals surface area contributed by atoms with Crippen LogP contribution in [0.15, 0.2) is 42.0 Å². The molecule has 0 radical (unpaired) electrons. The summed E-state index contributed by atoms with van der Waals surface area (Å²) in [6.45, 7) is 2.40. The van der Waals surface area contributed by atoms with Gasteiger partial charge in [-0.2, -0.15) is 0 Å². The minimum atomic E-state index is -0.465. The molecule has 9 heteroatoms. The number of carbonyl (C=O) groups excluding carboxylic acids is 2. The highest BCUT2D eigenvalue weighted by Crippen LogP contribution is 2.36. The first kappa shape index (κ1) is 23.1. The summed E-state index contributed by atoms with van der Waals surface area (Å²) in [5, 5.41) is 0.151. The van der Waals surface area contributed by atoms with Crippen LogP contribution in [0.1, 0.15) is 18.1 Å². The van der Waals surface area contributed by atoms with Crippen LogP contribution in [0.5, 0.6) is 11.5 Å². The number of likely N-dealkylation sites (N-methyl/N-ethyl adjacent to an activating group) is 2. The Morgan fingerprint density at radius 1 is 1.10 bits per heavy atom. The van der Waals surface area contributed by atoms with Crippen LogP contribution in [0.3, 0.4) is 0 Å². The molecule has 0 spiro atoms. The third-order valence-electron chi connectivity index (χ3n) is 4.56. The molecule has 0 unspecified atom stereocenters. The fraction of sp³-hybridized carbons (Fsp3) is 0.227. The number of hydrogen-bond donors (Lipinski definition) is 0. The average Bonchev–Trinajstić information content (AvgIpc) is 2.73. The molecule has 0 aliphatic carbocycles. The molecule has 1 aliphatic heterocycles. The van der Waals surface area contributed by atoms with E-state index in [2.05, 4.69) is 22.6 Å². The Bertz CT molecular complexity index is 1060. The summed E-state index contributed by atoms with van der Waals surface area (Å²) in [5.41, 5.74) is 1.30. The average molecular weight is 554 g/mol. The van der Waals surface area contributed by atoms with Crippen LogP contribution in [0.4, 0.5) is 4.39 Å². The molecule has 31 heavy (non-hydrogen) atoms. The first-order valence-corrected chi connectivity index (χ1v) is 10.9. The SMILES string of the molecule is CCOc1cc(C=C2C(=O)N(C)C(=S)N(C)C2=O)cc(I)c1OCc1cccc(F)c1. The number of amides is 2. The summed E-state index contributed by atoms with van der Waals surface area (Å²) in [7, 11) is 3.06. The molecule has 2 aromatic rings. The standard InChI is InChI=1S/C22H20FIN2O4S/c1-4-29-18-11-14(9-16-20(27)25(2)22(31)26(3)21(16)28)10-17(24)19(18)30-12-13-6-5-7-15(23)8-13/h5-11H,4,12H2,1-3H3. The molecule has 2 amide bonds. The molecule has 6 nitrogen and oxygen atoms in total. The lowest BCUT2D eigenvalue weighted by Crippen LogP contribution is -2.52. The summed E-state index contributed by atoms with van der Waals surface area (Å²) in [4.78, 5) is 27.7. The van der Waals surface area contributed by atoms with Crippen molar-refractivity contribution >= 4 is 57.8 Å². The minimum absolute atomic E-state index is 0.00489. The number of rotatable bonds is 6. The van der Waals surface area contributed by atoms with Gasteiger partial charge in [-0.3, -0.25) is 19.4 Å². The lowest BCUT2D eigenvalue weighted by atomic mass is 10.1. The van der Waals surface area contributed by atoms with E-state index in [4.69, 9.17) is 21.7 Å². The van der Waals surface area contributed by atoms with Crippen LogP contribution in [0, 0.1) is 9.39 Å². The maximum atomic E-state index is 13.4. The molecule has 0 aromatic heterocycles. The van der Waals surface area contributed by atoms with E-state index in [0.717, 1.165) is 3.57 Å². The van der Waals surface area contributed by atoms with Gasteiger partial charge in [0.1, 0.15) is 18.0 Å². The van der Waals surface area contributed by atoms with Crippen LogP contribution in [-0.2, 0) is 16.2 Å². The molecule has 0 bridgehead atoms. The van der Waals surface area contributed by atoms with E-state index in [1.54, 1.807) is 24.3 Å². The molecule has 0 N–H and O–H groups in total. The number of ether oxygens (including phenoxy) is 2. The molecule has 162 valence electrons. The predicted octanol–water partition coefficient (Wildman–Crippen LogP) is 4.01. The molecule has 0 atom stereocenters. The second kappa shape index (κ2) is 9.73. The first-order chi connectivity index (χ1) is 14.7. The fourth-order valence-corrected chi connectivity index (χ4v) is 3.95. The summed E-state index contributed by atoms with van der Waals surface area (Å²) in [5.74, 6) is -0.296. The molecule has 1 heterocycles. The van der Waals surface area contributed by atoms with Crippen LogP contribution in [0.25, 0.3) is 6.08 Å². The quantitative estimate of drug-likeness (QED) is 0.234. The van der Waals surface area contributed by atoms with Crippen molar-refractivity contribution in [2.75, 3.05) is 20.7 Å². The topological polar surface area (TPSA) is 59.1 Å². The van der Waals surface area contributed by atoms with Crippen molar-refractivity contribution in [2.45, 2.75) is 13.5 Å². The van der Waals surface area contributed by atoms with Gasteiger partial charge in [0, 0.05) is 14.1 Å². The number of hydrogen-bond acceptors (Lipinski definition) is 5. The first-order valence-electron chi connectivity index (χ1n) is 9.38. The molecule has 2 aromatic carbocycles. The normalized spacial score (nSPS) is 14.2. The van der Waals surface area contributed by atoms with Gasteiger partial charge in [-0.05, 0) is 83.2 Å². The highest BCUT2D eigenvalue weighted by Gasteiger charge is 2.35. The molecule has 0 saturated carbocycles. The van der Waals surface area contributed by atoms with Crippen molar-refractivity contribution in [3.63, 3.8) is 0 Å². The number of nitrogens with zero attached hydrogens (tertiary/aromatic N) is 2. The lowest BCUT2D eigenvalue weighted by Gasteiger charge is -2.31. The minimum Gasteiger partial charge on any atom is -0.490 e. The Kier molecular flexibility index (Phi) is 7.26. The summed E-state index contributed by atoms with van der Waals surface area (Å²) >= 11 is 7.21. The second-order valence-electron chi connectivity index (χ2n) is 6.75. The Hall–Kier alpha value is -2.53. The number of benzene rings is 2. The van der Waals surface area contributed by atoms with Crippen molar-refractivity contribution in [1.29, 1.82) is 0 Å². The van der Waals surface area contributed by atoms with E-state index in [1.165, 1.54) is 42.1 Å². The molecular formula is C22H20FIN2O4S. The third-order valence-corrected chi connectivity index (χ3v) is 5.91. The van der Waals surface area contributed by atoms with Crippen LogP contribution < -0.4 is 9.47 Å². The van der Waals surface area contributed by atoms with Gasteiger partial charge >= 0.3 is 0 Å². The van der Waals surface area contributed by atoms with E-state index in [-0.39, 0.29) is 23.1 Å². The van der Waals surface area contributed by atoms with Crippen molar-refractivity contribution in [3.8, 4) is 11.5 Å². The Labute approximate surface area is 198 Å². The molecular weight excluding hydrogens is 534 g/mol. The predicted molar refractivity (Wildman–Crippen MR) is 127 cm³/mol. The van der Waals surface area contributed by atoms with Crippen molar-refractivity contribution in [1.82, 2.24) is 9.80 Å².